The Labute approximate surface area is 111 Å². The lowest BCUT2D eigenvalue weighted by molar-refractivity contribution is -0.147. The Balaban J connectivity index is 2.09. The lowest BCUT2D eigenvalue weighted by atomic mass is 9.64. The highest BCUT2D eigenvalue weighted by atomic mass is 16.7. The number of aliphatic carboxylic acids is 1. The SMILES string of the molecule is COCc1ccc(C2(C(=O)O)CCC2)c2c1OCO2. The zero-order chi connectivity index (χ0) is 13.5. The van der Waals surface area contributed by atoms with E-state index in [1.54, 1.807) is 7.11 Å². The zero-order valence-electron chi connectivity index (χ0n) is 10.8. The third-order valence-corrected chi connectivity index (χ3v) is 4.03. The highest BCUT2D eigenvalue weighted by molar-refractivity contribution is 5.84. The minimum atomic E-state index is -0.802. The Hall–Kier alpha value is -1.75. The number of carboxylic acid groups (broad SMARTS) is 1. The van der Waals surface area contributed by atoms with Crippen LogP contribution in [0, 0.1) is 0 Å². The van der Waals surface area contributed by atoms with Gasteiger partial charge in [0.1, 0.15) is 0 Å². The smallest absolute Gasteiger partial charge is 0.314 e. The molecule has 2 aliphatic rings. The molecule has 0 bridgehead atoms. The van der Waals surface area contributed by atoms with E-state index in [4.69, 9.17) is 14.2 Å². The molecule has 0 aromatic heterocycles. The van der Waals surface area contributed by atoms with E-state index in [-0.39, 0.29) is 6.79 Å². The van der Waals surface area contributed by atoms with Gasteiger partial charge in [-0.15, -0.1) is 0 Å². The van der Waals surface area contributed by atoms with Crippen LogP contribution in [0.2, 0.25) is 0 Å². The van der Waals surface area contributed by atoms with E-state index in [1.165, 1.54) is 0 Å². The van der Waals surface area contributed by atoms with Crippen molar-refractivity contribution in [2.45, 2.75) is 31.3 Å². The van der Waals surface area contributed by atoms with Gasteiger partial charge in [-0.25, -0.2) is 0 Å². The van der Waals surface area contributed by atoms with E-state index in [9.17, 15) is 9.90 Å². The van der Waals surface area contributed by atoms with Crippen LogP contribution < -0.4 is 9.47 Å². The van der Waals surface area contributed by atoms with Crippen LogP contribution in [0.25, 0.3) is 0 Å². The Morgan fingerprint density at radius 1 is 1.37 bits per heavy atom. The van der Waals surface area contributed by atoms with Gasteiger partial charge in [-0.2, -0.15) is 0 Å². The Morgan fingerprint density at radius 2 is 2.11 bits per heavy atom. The average molecular weight is 264 g/mol. The molecule has 1 heterocycles. The van der Waals surface area contributed by atoms with Crippen molar-refractivity contribution in [3.63, 3.8) is 0 Å². The maximum absolute atomic E-state index is 11.6. The van der Waals surface area contributed by atoms with Crippen LogP contribution >= 0.6 is 0 Å². The fourth-order valence-corrected chi connectivity index (χ4v) is 2.83. The van der Waals surface area contributed by atoms with E-state index in [0.717, 1.165) is 17.5 Å². The number of hydrogen-bond acceptors (Lipinski definition) is 4. The van der Waals surface area contributed by atoms with Gasteiger partial charge < -0.3 is 19.3 Å². The van der Waals surface area contributed by atoms with Crippen LogP contribution in [0.1, 0.15) is 30.4 Å². The molecular weight excluding hydrogens is 248 g/mol. The summed E-state index contributed by atoms with van der Waals surface area (Å²) < 4.78 is 16.1. The van der Waals surface area contributed by atoms with Crippen molar-refractivity contribution >= 4 is 5.97 Å². The highest BCUT2D eigenvalue weighted by Gasteiger charge is 2.49. The minimum Gasteiger partial charge on any atom is -0.481 e. The van der Waals surface area contributed by atoms with Crippen LogP contribution in [-0.4, -0.2) is 25.0 Å². The van der Waals surface area contributed by atoms with Gasteiger partial charge in [0.05, 0.1) is 12.0 Å². The normalized spacial score (nSPS) is 19.0. The molecule has 102 valence electrons. The Morgan fingerprint density at radius 3 is 2.68 bits per heavy atom. The summed E-state index contributed by atoms with van der Waals surface area (Å²) in [5, 5.41) is 9.52. The van der Waals surface area contributed by atoms with Crippen LogP contribution in [0.5, 0.6) is 11.5 Å². The van der Waals surface area contributed by atoms with Crippen molar-refractivity contribution in [3.05, 3.63) is 23.3 Å². The third kappa shape index (κ3) is 1.69. The van der Waals surface area contributed by atoms with Gasteiger partial charge in [0, 0.05) is 18.2 Å². The lowest BCUT2D eigenvalue weighted by Gasteiger charge is -2.38. The van der Waals surface area contributed by atoms with Gasteiger partial charge in [-0.3, -0.25) is 4.79 Å². The molecule has 19 heavy (non-hydrogen) atoms. The van der Waals surface area contributed by atoms with Crippen LogP contribution in [-0.2, 0) is 21.6 Å². The summed E-state index contributed by atoms with van der Waals surface area (Å²) in [7, 11) is 1.61. The van der Waals surface area contributed by atoms with Crippen molar-refractivity contribution in [1.29, 1.82) is 0 Å². The third-order valence-electron chi connectivity index (χ3n) is 4.03. The summed E-state index contributed by atoms with van der Waals surface area (Å²) in [4.78, 5) is 11.6. The van der Waals surface area contributed by atoms with Crippen LogP contribution in [0.3, 0.4) is 0 Å². The second kappa shape index (κ2) is 4.42. The van der Waals surface area contributed by atoms with E-state index < -0.39 is 11.4 Å². The molecule has 1 aromatic carbocycles. The number of benzene rings is 1. The summed E-state index contributed by atoms with van der Waals surface area (Å²) in [5.74, 6) is 0.430. The zero-order valence-corrected chi connectivity index (χ0v) is 10.8. The van der Waals surface area contributed by atoms with Crippen LogP contribution in [0.4, 0.5) is 0 Å². The number of carboxylic acids is 1. The van der Waals surface area contributed by atoms with Gasteiger partial charge in [-0.1, -0.05) is 18.6 Å². The largest absolute Gasteiger partial charge is 0.481 e. The van der Waals surface area contributed by atoms with Crippen molar-refractivity contribution in [3.8, 4) is 11.5 Å². The van der Waals surface area contributed by atoms with Crippen LogP contribution in [0.15, 0.2) is 12.1 Å². The van der Waals surface area contributed by atoms with E-state index in [0.29, 0.717) is 30.9 Å². The number of rotatable bonds is 4. The number of fused-ring (bicyclic) bond motifs is 1. The first-order chi connectivity index (χ1) is 9.19. The highest BCUT2D eigenvalue weighted by Crippen LogP contribution is 2.52. The standard InChI is InChI=1S/C14H16O5/c1-17-7-9-3-4-10(12-11(9)18-8-19-12)14(13(15)16)5-2-6-14/h3-4H,2,5-8H2,1H3,(H,15,16). The number of carbonyl (C=O) groups is 1. The first-order valence-electron chi connectivity index (χ1n) is 6.33. The first-order valence-corrected chi connectivity index (χ1v) is 6.33. The number of ether oxygens (including phenoxy) is 3. The molecule has 5 nitrogen and oxygen atoms in total. The summed E-state index contributed by atoms with van der Waals surface area (Å²) in [6.45, 7) is 0.560. The number of methoxy groups -OCH3 is 1. The molecule has 0 amide bonds. The van der Waals surface area contributed by atoms with Gasteiger partial charge >= 0.3 is 5.97 Å². The van der Waals surface area contributed by atoms with Gasteiger partial charge in [0.2, 0.25) is 6.79 Å². The molecule has 0 unspecified atom stereocenters. The molecule has 1 aliphatic carbocycles. The molecule has 3 rings (SSSR count). The second-order valence-electron chi connectivity index (χ2n) is 5.01. The quantitative estimate of drug-likeness (QED) is 0.901. The van der Waals surface area contributed by atoms with Gasteiger partial charge in [0.25, 0.3) is 0 Å². The molecule has 0 atom stereocenters. The van der Waals surface area contributed by atoms with Crippen molar-refractivity contribution in [1.82, 2.24) is 0 Å². The summed E-state index contributed by atoms with van der Waals surface area (Å²) in [5.41, 5.74) is 0.820. The predicted molar refractivity (Wildman–Crippen MR) is 66.4 cm³/mol. The molecule has 0 spiro atoms. The maximum Gasteiger partial charge on any atom is 0.314 e. The molecule has 1 aliphatic heterocycles. The summed E-state index contributed by atoms with van der Waals surface area (Å²) >= 11 is 0. The fourth-order valence-electron chi connectivity index (χ4n) is 2.83. The molecule has 0 saturated heterocycles. The van der Waals surface area contributed by atoms with E-state index in [2.05, 4.69) is 0 Å². The second-order valence-corrected chi connectivity index (χ2v) is 5.01. The molecule has 1 aromatic rings. The van der Waals surface area contributed by atoms with Crippen molar-refractivity contribution in [2.75, 3.05) is 13.9 Å². The summed E-state index contributed by atoms with van der Waals surface area (Å²) in [6, 6.07) is 3.71. The summed E-state index contributed by atoms with van der Waals surface area (Å²) in [6.07, 6.45) is 2.24. The molecule has 5 heteroatoms. The fraction of sp³-hybridized carbons (Fsp3) is 0.500. The Kier molecular flexibility index (Phi) is 2.86. The van der Waals surface area contributed by atoms with E-state index in [1.807, 2.05) is 12.1 Å². The molecular formula is C14H16O5. The first kappa shape index (κ1) is 12.3. The monoisotopic (exact) mass is 264 g/mol. The molecule has 0 radical (unpaired) electrons. The molecule has 1 fully saturated rings. The van der Waals surface area contributed by atoms with Crippen molar-refractivity contribution < 1.29 is 24.1 Å². The maximum atomic E-state index is 11.6. The molecule has 1 saturated carbocycles. The topological polar surface area (TPSA) is 65.0 Å². The minimum absolute atomic E-state index is 0.138. The van der Waals surface area contributed by atoms with Gasteiger partial charge in [-0.05, 0) is 12.8 Å². The Bertz CT molecular complexity index is 519. The lowest BCUT2D eigenvalue weighted by Crippen LogP contribution is -2.42. The van der Waals surface area contributed by atoms with E-state index >= 15 is 0 Å². The van der Waals surface area contributed by atoms with Crippen molar-refractivity contribution in [2.24, 2.45) is 0 Å². The predicted octanol–water partition coefficient (Wildman–Crippen LogP) is 2.07. The number of hydrogen-bond donors (Lipinski definition) is 1. The van der Waals surface area contributed by atoms with Gasteiger partial charge in [0.15, 0.2) is 11.5 Å². The molecule has 1 N–H and O–H groups in total. The average Bonchev–Trinajstić information content (AvgIpc) is 2.79.